The fourth-order valence-electron chi connectivity index (χ4n) is 1.57. The lowest BCUT2D eigenvalue weighted by molar-refractivity contribution is -0.384. The zero-order valence-corrected chi connectivity index (χ0v) is 10.6. The molecule has 1 aromatic rings. The number of rotatable bonds is 6. The van der Waals surface area contributed by atoms with Crippen LogP contribution in [0.2, 0.25) is 0 Å². The molecule has 0 aliphatic rings. The van der Waals surface area contributed by atoms with Gasteiger partial charge in [-0.2, -0.15) is 0 Å². The molecule has 102 valence electrons. The molecule has 0 heterocycles. The van der Waals surface area contributed by atoms with Crippen molar-refractivity contribution in [1.82, 2.24) is 0 Å². The van der Waals surface area contributed by atoms with Gasteiger partial charge in [0.2, 0.25) is 12.0 Å². The van der Waals surface area contributed by atoms with E-state index in [9.17, 15) is 24.1 Å². The van der Waals surface area contributed by atoms with Gasteiger partial charge in [0.05, 0.1) is 4.92 Å². The summed E-state index contributed by atoms with van der Waals surface area (Å²) in [6, 6.07) is 4.70. The number of nitrogens with zero attached hydrogens (tertiary/aromatic N) is 1. The normalized spacial score (nSPS) is 12.2. The van der Waals surface area contributed by atoms with Gasteiger partial charge in [-0.25, -0.2) is 4.39 Å². The molecular formula is C13H14FNO4. The lowest BCUT2D eigenvalue weighted by Crippen LogP contribution is -2.26. The van der Waals surface area contributed by atoms with Gasteiger partial charge in [0.25, 0.3) is 5.69 Å². The van der Waals surface area contributed by atoms with Crippen molar-refractivity contribution in [2.75, 3.05) is 0 Å². The third kappa shape index (κ3) is 3.94. The molecule has 0 bridgehead atoms. The lowest BCUT2D eigenvalue weighted by atomic mass is 9.98. The second-order valence-electron chi connectivity index (χ2n) is 4.60. The lowest BCUT2D eigenvalue weighted by Gasteiger charge is -2.08. The van der Waals surface area contributed by atoms with Gasteiger partial charge < -0.3 is 0 Å². The van der Waals surface area contributed by atoms with Crippen LogP contribution < -0.4 is 0 Å². The van der Waals surface area contributed by atoms with E-state index in [0.29, 0.717) is 0 Å². The number of ketones is 2. The minimum absolute atomic E-state index is 0.0398. The Kier molecular flexibility index (Phi) is 4.86. The summed E-state index contributed by atoms with van der Waals surface area (Å²) in [5, 5.41) is 10.6. The van der Waals surface area contributed by atoms with Crippen LogP contribution in [0.5, 0.6) is 0 Å². The average Bonchev–Trinajstić information content (AvgIpc) is 2.36. The molecule has 0 N–H and O–H groups in total. The van der Waals surface area contributed by atoms with Crippen LogP contribution in [-0.2, 0) is 4.79 Å². The zero-order valence-electron chi connectivity index (χ0n) is 10.6. The minimum Gasteiger partial charge on any atom is -0.296 e. The molecule has 1 atom stereocenters. The number of nitro groups is 1. The molecule has 0 spiro atoms. The maximum atomic E-state index is 13.7. The van der Waals surface area contributed by atoms with Crippen molar-refractivity contribution < 1.29 is 18.9 Å². The predicted molar refractivity (Wildman–Crippen MR) is 66.8 cm³/mol. The predicted octanol–water partition coefficient (Wildman–Crippen LogP) is 2.73. The molecule has 19 heavy (non-hydrogen) atoms. The molecule has 0 aromatic heterocycles. The number of hydrogen-bond acceptors (Lipinski definition) is 4. The Morgan fingerprint density at radius 1 is 1.37 bits per heavy atom. The first kappa shape index (κ1) is 14.9. The van der Waals surface area contributed by atoms with Gasteiger partial charge in [-0.1, -0.05) is 26.0 Å². The summed E-state index contributed by atoms with van der Waals surface area (Å²) in [6.45, 7) is 3.48. The SMILES string of the molecule is CC(C)CC(=O)C(F)C(=O)c1cccc([N+](=O)[O-])c1. The van der Waals surface area contributed by atoms with E-state index in [1.807, 2.05) is 0 Å². The summed E-state index contributed by atoms with van der Waals surface area (Å²) >= 11 is 0. The van der Waals surface area contributed by atoms with Crippen molar-refractivity contribution in [2.24, 2.45) is 5.92 Å². The fourth-order valence-corrected chi connectivity index (χ4v) is 1.57. The van der Waals surface area contributed by atoms with Crippen LogP contribution >= 0.6 is 0 Å². The Morgan fingerprint density at radius 2 is 2.00 bits per heavy atom. The number of carbonyl (C=O) groups excluding carboxylic acids is 2. The summed E-state index contributed by atoms with van der Waals surface area (Å²) < 4.78 is 13.7. The van der Waals surface area contributed by atoms with Gasteiger partial charge in [-0.05, 0) is 5.92 Å². The molecule has 1 unspecified atom stereocenters. The summed E-state index contributed by atoms with van der Waals surface area (Å²) in [4.78, 5) is 33.1. The van der Waals surface area contributed by atoms with Gasteiger partial charge in [-0.3, -0.25) is 19.7 Å². The number of non-ortho nitro benzene ring substituents is 1. The summed E-state index contributed by atoms with van der Waals surface area (Å²) in [5.41, 5.74) is -0.479. The molecule has 0 aliphatic heterocycles. The van der Waals surface area contributed by atoms with Crippen molar-refractivity contribution in [3.63, 3.8) is 0 Å². The Labute approximate surface area is 109 Å². The minimum atomic E-state index is -2.26. The van der Waals surface area contributed by atoms with Crippen molar-refractivity contribution in [3.05, 3.63) is 39.9 Å². The molecule has 5 nitrogen and oxygen atoms in total. The molecule has 0 saturated heterocycles. The highest BCUT2D eigenvalue weighted by Gasteiger charge is 2.28. The highest BCUT2D eigenvalue weighted by atomic mass is 19.1. The van der Waals surface area contributed by atoms with E-state index in [-0.39, 0.29) is 23.6 Å². The van der Waals surface area contributed by atoms with Gasteiger partial charge in [-0.15, -0.1) is 0 Å². The Hall–Kier alpha value is -2.11. The second kappa shape index (κ2) is 6.17. The van der Waals surface area contributed by atoms with E-state index in [2.05, 4.69) is 0 Å². The van der Waals surface area contributed by atoms with Crippen molar-refractivity contribution in [2.45, 2.75) is 26.4 Å². The second-order valence-corrected chi connectivity index (χ2v) is 4.60. The Bertz CT molecular complexity index is 513. The number of halogens is 1. The standard InChI is InChI=1S/C13H14FNO4/c1-8(2)6-11(16)12(14)13(17)9-4-3-5-10(7-9)15(18)19/h3-5,7-8,12H,6H2,1-2H3. The van der Waals surface area contributed by atoms with Crippen molar-refractivity contribution in [1.29, 1.82) is 0 Å². The third-order valence-electron chi connectivity index (χ3n) is 2.46. The number of hydrogen-bond donors (Lipinski definition) is 0. The van der Waals surface area contributed by atoms with Crippen LogP contribution in [0.15, 0.2) is 24.3 Å². The van der Waals surface area contributed by atoms with Crippen LogP contribution in [0.4, 0.5) is 10.1 Å². The molecule has 0 fully saturated rings. The van der Waals surface area contributed by atoms with Crippen LogP contribution in [0.3, 0.4) is 0 Å². The molecule has 1 aromatic carbocycles. The first-order chi connectivity index (χ1) is 8.82. The molecule has 0 saturated carbocycles. The number of carbonyl (C=O) groups is 2. The highest BCUT2D eigenvalue weighted by Crippen LogP contribution is 2.17. The van der Waals surface area contributed by atoms with Crippen LogP contribution in [0, 0.1) is 16.0 Å². The van der Waals surface area contributed by atoms with Crippen molar-refractivity contribution in [3.8, 4) is 0 Å². The first-order valence-electron chi connectivity index (χ1n) is 5.78. The fraction of sp³-hybridized carbons (Fsp3) is 0.385. The number of nitro benzene ring substituents is 1. The van der Waals surface area contributed by atoms with Gasteiger partial charge in [0, 0.05) is 24.1 Å². The summed E-state index contributed by atoms with van der Waals surface area (Å²) in [6.07, 6.45) is -2.30. The summed E-state index contributed by atoms with van der Waals surface area (Å²) in [7, 11) is 0. The molecule has 0 amide bonds. The third-order valence-corrected chi connectivity index (χ3v) is 2.46. The smallest absolute Gasteiger partial charge is 0.270 e. The highest BCUT2D eigenvalue weighted by molar-refractivity contribution is 6.13. The van der Waals surface area contributed by atoms with E-state index in [0.717, 1.165) is 6.07 Å². The zero-order chi connectivity index (χ0) is 14.6. The molecule has 0 aliphatic carbocycles. The van der Waals surface area contributed by atoms with E-state index < -0.39 is 22.7 Å². The van der Waals surface area contributed by atoms with Crippen LogP contribution in [0.1, 0.15) is 30.6 Å². The summed E-state index contributed by atoms with van der Waals surface area (Å²) in [5.74, 6) is -1.88. The van der Waals surface area contributed by atoms with E-state index >= 15 is 0 Å². The van der Waals surface area contributed by atoms with E-state index in [1.165, 1.54) is 18.2 Å². The number of Topliss-reactive ketones (excluding diaryl/α,β-unsaturated/α-hetero) is 2. The van der Waals surface area contributed by atoms with Gasteiger partial charge in [0.1, 0.15) is 0 Å². The Balaban J connectivity index is 2.91. The average molecular weight is 267 g/mol. The molecule has 0 radical (unpaired) electrons. The monoisotopic (exact) mass is 267 g/mol. The van der Waals surface area contributed by atoms with Crippen LogP contribution in [0.25, 0.3) is 0 Å². The quantitative estimate of drug-likeness (QED) is 0.343. The molecule has 1 rings (SSSR count). The van der Waals surface area contributed by atoms with Gasteiger partial charge >= 0.3 is 0 Å². The molecule has 6 heteroatoms. The largest absolute Gasteiger partial charge is 0.296 e. The van der Waals surface area contributed by atoms with E-state index in [1.54, 1.807) is 13.8 Å². The topological polar surface area (TPSA) is 77.3 Å². The van der Waals surface area contributed by atoms with Crippen molar-refractivity contribution >= 4 is 17.3 Å². The van der Waals surface area contributed by atoms with Gasteiger partial charge in [0.15, 0.2) is 5.78 Å². The molecular weight excluding hydrogens is 253 g/mol. The van der Waals surface area contributed by atoms with E-state index in [4.69, 9.17) is 0 Å². The number of benzene rings is 1. The first-order valence-corrected chi connectivity index (χ1v) is 5.78. The maximum absolute atomic E-state index is 13.7. The maximum Gasteiger partial charge on any atom is 0.270 e. The van der Waals surface area contributed by atoms with Crippen LogP contribution in [-0.4, -0.2) is 22.7 Å². The number of alkyl halides is 1. The Morgan fingerprint density at radius 3 is 2.53 bits per heavy atom.